The summed E-state index contributed by atoms with van der Waals surface area (Å²) in [5.41, 5.74) is 6.97. The van der Waals surface area contributed by atoms with Crippen LogP contribution in [-0.2, 0) is 14.9 Å². The van der Waals surface area contributed by atoms with Gasteiger partial charge in [0.15, 0.2) is 0 Å². The third-order valence-corrected chi connectivity index (χ3v) is 5.87. The number of carbonyl (C=O) groups excluding carboxylic acids is 2. The van der Waals surface area contributed by atoms with Gasteiger partial charge in [0, 0.05) is 12.0 Å². The van der Waals surface area contributed by atoms with Gasteiger partial charge in [0.05, 0.1) is 6.42 Å². The molecule has 168 valence electrons. The van der Waals surface area contributed by atoms with Crippen LogP contribution in [0.5, 0.6) is 5.75 Å². The summed E-state index contributed by atoms with van der Waals surface area (Å²) < 4.78 is 10.2. The molecular weight excluding hydrogens is 380 g/mol. The molecule has 0 amide bonds. The Kier molecular flexibility index (Phi) is 9.31. The molecule has 2 N–H and O–H groups in total. The first-order chi connectivity index (χ1) is 14.2. The minimum atomic E-state index is -0.984. The molecule has 1 saturated carbocycles. The zero-order valence-electron chi connectivity index (χ0n) is 19.0. The normalized spacial score (nSPS) is 17.0. The lowest BCUT2D eigenvalue weighted by Gasteiger charge is -2.40. The van der Waals surface area contributed by atoms with Crippen molar-refractivity contribution in [3.05, 3.63) is 29.8 Å². The Labute approximate surface area is 181 Å². The average Bonchev–Trinajstić information content (AvgIpc) is 2.67. The molecule has 2 rings (SSSR count). The van der Waals surface area contributed by atoms with Gasteiger partial charge in [-0.25, -0.2) is 4.79 Å². The molecule has 0 aliphatic heterocycles. The summed E-state index contributed by atoms with van der Waals surface area (Å²) in [4.78, 5) is 26.5. The standard InChI is InChI=1S/C24H38N2O4/c1-18(2)13-19(16-25)14-22(27)30-23(28)29-21-10-8-9-20(15-21)24(17-26(3)4)11-6-5-7-12-24/h8-10,15,18-19H,5-7,11-14,16-17,25H2,1-4H3. The van der Waals surface area contributed by atoms with Gasteiger partial charge in [-0.15, -0.1) is 0 Å². The number of esters is 1. The van der Waals surface area contributed by atoms with Crippen molar-refractivity contribution >= 4 is 12.1 Å². The predicted molar refractivity (Wildman–Crippen MR) is 118 cm³/mol. The van der Waals surface area contributed by atoms with Crippen LogP contribution in [0.25, 0.3) is 0 Å². The summed E-state index contributed by atoms with van der Waals surface area (Å²) in [7, 11) is 4.18. The van der Waals surface area contributed by atoms with E-state index >= 15 is 0 Å². The number of hydrogen-bond acceptors (Lipinski definition) is 6. The Morgan fingerprint density at radius 1 is 1.17 bits per heavy atom. The second-order valence-corrected chi connectivity index (χ2v) is 9.37. The monoisotopic (exact) mass is 418 g/mol. The molecule has 1 aromatic rings. The first kappa shape index (κ1) is 24.4. The van der Waals surface area contributed by atoms with Crippen molar-refractivity contribution in [2.75, 3.05) is 27.2 Å². The van der Waals surface area contributed by atoms with Crippen molar-refractivity contribution < 1.29 is 19.1 Å². The Hall–Kier alpha value is -1.92. The van der Waals surface area contributed by atoms with E-state index in [1.165, 1.54) is 24.8 Å². The minimum absolute atomic E-state index is 0.00539. The van der Waals surface area contributed by atoms with Crippen LogP contribution in [0.3, 0.4) is 0 Å². The highest BCUT2D eigenvalue weighted by Crippen LogP contribution is 2.40. The van der Waals surface area contributed by atoms with Crippen molar-refractivity contribution in [2.45, 2.75) is 64.2 Å². The fourth-order valence-electron chi connectivity index (χ4n) is 4.68. The second-order valence-electron chi connectivity index (χ2n) is 9.37. The third-order valence-electron chi connectivity index (χ3n) is 5.87. The van der Waals surface area contributed by atoms with Crippen molar-refractivity contribution in [2.24, 2.45) is 17.6 Å². The van der Waals surface area contributed by atoms with Crippen LogP contribution in [0.15, 0.2) is 24.3 Å². The molecule has 6 nitrogen and oxygen atoms in total. The highest BCUT2D eigenvalue weighted by Gasteiger charge is 2.34. The number of benzene rings is 1. The second kappa shape index (κ2) is 11.5. The van der Waals surface area contributed by atoms with Crippen LogP contribution in [0.2, 0.25) is 0 Å². The molecule has 1 aliphatic rings. The molecule has 1 unspecified atom stereocenters. The maximum atomic E-state index is 12.2. The van der Waals surface area contributed by atoms with E-state index in [-0.39, 0.29) is 17.8 Å². The van der Waals surface area contributed by atoms with Gasteiger partial charge in [0.25, 0.3) is 0 Å². The Morgan fingerprint density at radius 2 is 1.87 bits per heavy atom. The number of nitrogens with zero attached hydrogens (tertiary/aromatic N) is 1. The van der Waals surface area contributed by atoms with Gasteiger partial charge in [-0.3, -0.25) is 4.79 Å². The average molecular weight is 419 g/mol. The van der Waals surface area contributed by atoms with Crippen LogP contribution < -0.4 is 10.5 Å². The molecule has 0 spiro atoms. The first-order valence-electron chi connectivity index (χ1n) is 11.1. The maximum Gasteiger partial charge on any atom is 0.521 e. The lowest BCUT2D eigenvalue weighted by atomic mass is 9.69. The van der Waals surface area contributed by atoms with Gasteiger partial charge in [-0.05, 0) is 69.4 Å². The van der Waals surface area contributed by atoms with Crippen LogP contribution >= 0.6 is 0 Å². The molecule has 0 bridgehead atoms. The van der Waals surface area contributed by atoms with E-state index in [1.54, 1.807) is 6.07 Å². The van der Waals surface area contributed by atoms with E-state index in [9.17, 15) is 9.59 Å². The van der Waals surface area contributed by atoms with Crippen LogP contribution in [0.1, 0.15) is 64.4 Å². The number of hydrogen-bond donors (Lipinski definition) is 1. The van der Waals surface area contributed by atoms with Crippen molar-refractivity contribution in [1.29, 1.82) is 0 Å². The van der Waals surface area contributed by atoms with E-state index < -0.39 is 12.1 Å². The fraction of sp³-hybridized carbons (Fsp3) is 0.667. The molecule has 0 saturated heterocycles. The van der Waals surface area contributed by atoms with Gasteiger partial charge in [0.1, 0.15) is 5.75 Å². The molecule has 0 aromatic heterocycles. The predicted octanol–water partition coefficient (Wildman–Crippen LogP) is 4.50. The first-order valence-corrected chi connectivity index (χ1v) is 11.1. The Bertz CT molecular complexity index is 696. The number of rotatable bonds is 9. The minimum Gasteiger partial charge on any atom is -0.395 e. The number of ether oxygens (including phenoxy) is 2. The van der Waals surface area contributed by atoms with Gasteiger partial charge in [0.2, 0.25) is 0 Å². The summed E-state index contributed by atoms with van der Waals surface area (Å²) in [5, 5.41) is 0. The van der Waals surface area contributed by atoms with E-state index in [2.05, 4.69) is 38.9 Å². The SMILES string of the molecule is CC(C)CC(CN)CC(=O)OC(=O)Oc1cccc(C2(CN(C)C)CCCCC2)c1. The number of likely N-dealkylation sites (N-methyl/N-ethyl adjacent to an activating group) is 1. The zero-order chi connectivity index (χ0) is 22.1. The van der Waals surface area contributed by atoms with Crippen molar-refractivity contribution in [1.82, 2.24) is 4.90 Å². The summed E-state index contributed by atoms with van der Waals surface area (Å²) in [6.07, 6.45) is 5.86. The van der Waals surface area contributed by atoms with E-state index in [0.717, 1.165) is 25.8 Å². The highest BCUT2D eigenvalue weighted by molar-refractivity contribution is 5.82. The molecule has 30 heavy (non-hydrogen) atoms. The van der Waals surface area contributed by atoms with Crippen molar-refractivity contribution in [3.8, 4) is 5.75 Å². The van der Waals surface area contributed by atoms with E-state index in [4.69, 9.17) is 15.2 Å². The molecule has 1 aromatic carbocycles. The van der Waals surface area contributed by atoms with Crippen LogP contribution in [-0.4, -0.2) is 44.2 Å². The Balaban J connectivity index is 2.01. The maximum absolute atomic E-state index is 12.2. The molecule has 1 fully saturated rings. The smallest absolute Gasteiger partial charge is 0.395 e. The lowest BCUT2D eigenvalue weighted by Crippen LogP contribution is -2.39. The van der Waals surface area contributed by atoms with Gasteiger partial charge >= 0.3 is 12.1 Å². The summed E-state index contributed by atoms with van der Waals surface area (Å²) in [6.45, 7) is 5.49. The summed E-state index contributed by atoms with van der Waals surface area (Å²) in [6, 6.07) is 7.65. The fourth-order valence-corrected chi connectivity index (χ4v) is 4.68. The molecule has 0 radical (unpaired) electrons. The summed E-state index contributed by atoms with van der Waals surface area (Å²) >= 11 is 0. The molecule has 1 atom stereocenters. The van der Waals surface area contributed by atoms with Crippen LogP contribution in [0, 0.1) is 11.8 Å². The number of carbonyl (C=O) groups is 2. The van der Waals surface area contributed by atoms with Gasteiger partial charge in [-0.2, -0.15) is 0 Å². The van der Waals surface area contributed by atoms with Crippen LogP contribution in [0.4, 0.5) is 4.79 Å². The molecular formula is C24H38N2O4. The molecule has 1 aliphatic carbocycles. The largest absolute Gasteiger partial charge is 0.521 e. The number of nitrogens with two attached hydrogens (primary N) is 1. The summed E-state index contributed by atoms with van der Waals surface area (Å²) in [5.74, 6) is 0.247. The quantitative estimate of drug-likeness (QED) is 0.361. The zero-order valence-corrected chi connectivity index (χ0v) is 19.0. The Morgan fingerprint density at radius 3 is 2.47 bits per heavy atom. The van der Waals surface area contributed by atoms with Gasteiger partial charge in [-0.1, -0.05) is 45.2 Å². The lowest BCUT2D eigenvalue weighted by molar-refractivity contribution is -0.139. The molecule has 6 heteroatoms. The highest BCUT2D eigenvalue weighted by atomic mass is 16.7. The van der Waals surface area contributed by atoms with E-state index in [1.807, 2.05) is 12.1 Å². The topological polar surface area (TPSA) is 81.9 Å². The van der Waals surface area contributed by atoms with Gasteiger partial charge < -0.3 is 20.1 Å². The van der Waals surface area contributed by atoms with E-state index in [0.29, 0.717) is 18.2 Å². The molecule has 0 heterocycles. The van der Waals surface area contributed by atoms with Crippen molar-refractivity contribution in [3.63, 3.8) is 0 Å². The third kappa shape index (κ3) is 7.40.